The van der Waals surface area contributed by atoms with Crippen LogP contribution in [0.1, 0.15) is 23.1 Å². The lowest BCUT2D eigenvalue weighted by Gasteiger charge is -2.31. The van der Waals surface area contributed by atoms with Crippen LogP contribution in [-0.4, -0.2) is 51.2 Å². The maximum Gasteiger partial charge on any atom is 0.322 e. The summed E-state index contributed by atoms with van der Waals surface area (Å²) in [6, 6.07) is 0.186. The normalized spacial score (nSPS) is 18.6. The van der Waals surface area contributed by atoms with Gasteiger partial charge in [-0.05, 0) is 13.8 Å². The molecule has 1 atom stereocenters. The van der Waals surface area contributed by atoms with Crippen LogP contribution in [0.15, 0.2) is 0 Å². The molecule has 0 saturated carbocycles. The van der Waals surface area contributed by atoms with Gasteiger partial charge in [0.2, 0.25) is 5.69 Å². The molecule has 0 spiro atoms. The van der Waals surface area contributed by atoms with Crippen molar-refractivity contribution in [3.63, 3.8) is 0 Å². The number of piperazine rings is 1. The number of nitrogens with zero attached hydrogens (tertiary/aromatic N) is 4. The van der Waals surface area contributed by atoms with Gasteiger partial charge >= 0.3 is 5.69 Å². The van der Waals surface area contributed by atoms with Gasteiger partial charge in [-0.3, -0.25) is 19.6 Å². The van der Waals surface area contributed by atoms with Crippen LogP contribution >= 0.6 is 12.4 Å². The molecule has 112 valence electrons. The highest BCUT2D eigenvalue weighted by molar-refractivity contribution is 5.97. The molecule has 1 aliphatic rings. The molecule has 1 amide bonds. The van der Waals surface area contributed by atoms with Gasteiger partial charge in [0.05, 0.1) is 4.92 Å². The highest BCUT2D eigenvalue weighted by atomic mass is 35.5. The highest BCUT2D eigenvalue weighted by Gasteiger charge is 2.33. The van der Waals surface area contributed by atoms with E-state index in [9.17, 15) is 14.9 Å². The Morgan fingerprint density at radius 3 is 2.75 bits per heavy atom. The smallest absolute Gasteiger partial charge is 0.322 e. The van der Waals surface area contributed by atoms with Crippen LogP contribution in [0.25, 0.3) is 0 Å². The van der Waals surface area contributed by atoms with Crippen LogP contribution in [0.2, 0.25) is 0 Å². The minimum atomic E-state index is -0.540. The molecule has 8 nitrogen and oxygen atoms in total. The number of hydrogen-bond acceptors (Lipinski definition) is 5. The molecule has 2 heterocycles. The van der Waals surface area contributed by atoms with E-state index in [0.29, 0.717) is 19.6 Å². The molecule has 0 aromatic carbocycles. The molecule has 1 aromatic heterocycles. The lowest BCUT2D eigenvalue weighted by molar-refractivity contribution is -0.385. The molecule has 2 rings (SSSR count). The Hall–Kier alpha value is -1.67. The summed E-state index contributed by atoms with van der Waals surface area (Å²) in [4.78, 5) is 24.6. The third kappa shape index (κ3) is 2.91. The van der Waals surface area contributed by atoms with E-state index < -0.39 is 4.92 Å². The van der Waals surface area contributed by atoms with E-state index in [1.54, 1.807) is 11.9 Å². The predicted molar refractivity (Wildman–Crippen MR) is 75.2 cm³/mol. The first-order valence-electron chi connectivity index (χ1n) is 6.12. The molecule has 1 saturated heterocycles. The van der Waals surface area contributed by atoms with Gasteiger partial charge in [-0.2, -0.15) is 5.10 Å². The second kappa shape index (κ2) is 6.19. The van der Waals surface area contributed by atoms with Gasteiger partial charge in [-0.1, -0.05) is 0 Å². The van der Waals surface area contributed by atoms with Crippen LogP contribution in [0.3, 0.4) is 0 Å². The largest absolute Gasteiger partial charge is 0.334 e. The van der Waals surface area contributed by atoms with Crippen molar-refractivity contribution in [3.8, 4) is 0 Å². The summed E-state index contributed by atoms with van der Waals surface area (Å²) in [5.41, 5.74) is 0.120. The molecule has 9 heteroatoms. The van der Waals surface area contributed by atoms with Gasteiger partial charge in [-0.25, -0.2) is 0 Å². The average Bonchev–Trinajstić information content (AvgIpc) is 2.63. The Bertz CT molecular complexity index is 530. The topological polar surface area (TPSA) is 93.3 Å². The molecule has 1 fully saturated rings. The second-order valence-corrected chi connectivity index (χ2v) is 4.77. The van der Waals surface area contributed by atoms with Crippen molar-refractivity contribution < 1.29 is 9.72 Å². The third-order valence-electron chi connectivity index (χ3n) is 3.23. The maximum absolute atomic E-state index is 12.4. The van der Waals surface area contributed by atoms with Gasteiger partial charge in [0.15, 0.2) is 0 Å². The van der Waals surface area contributed by atoms with Gasteiger partial charge < -0.3 is 10.2 Å². The summed E-state index contributed by atoms with van der Waals surface area (Å²) in [7, 11) is 1.55. The van der Waals surface area contributed by atoms with E-state index >= 15 is 0 Å². The van der Waals surface area contributed by atoms with Crippen molar-refractivity contribution in [2.75, 3.05) is 19.6 Å². The van der Waals surface area contributed by atoms with Crippen molar-refractivity contribution in [3.05, 3.63) is 21.5 Å². The van der Waals surface area contributed by atoms with Crippen molar-refractivity contribution in [2.24, 2.45) is 7.05 Å². The van der Waals surface area contributed by atoms with Crippen LogP contribution < -0.4 is 5.32 Å². The molecule has 0 aliphatic carbocycles. The lowest BCUT2D eigenvalue weighted by Crippen LogP contribution is -2.51. The van der Waals surface area contributed by atoms with E-state index in [-0.39, 0.29) is 41.4 Å². The third-order valence-corrected chi connectivity index (χ3v) is 3.23. The number of hydrogen-bond donors (Lipinski definition) is 1. The van der Waals surface area contributed by atoms with E-state index in [1.165, 1.54) is 11.6 Å². The monoisotopic (exact) mass is 303 g/mol. The van der Waals surface area contributed by atoms with Crippen LogP contribution in [-0.2, 0) is 7.05 Å². The minimum Gasteiger partial charge on any atom is -0.334 e. The molecule has 1 aromatic rings. The molecule has 1 unspecified atom stereocenters. The first-order chi connectivity index (χ1) is 8.91. The number of halogens is 1. The number of amides is 1. The zero-order valence-electron chi connectivity index (χ0n) is 11.6. The van der Waals surface area contributed by atoms with Gasteiger partial charge in [0.25, 0.3) is 5.91 Å². The molecular formula is C11H18ClN5O3. The summed E-state index contributed by atoms with van der Waals surface area (Å²) in [5.74, 6) is -0.330. The van der Waals surface area contributed by atoms with Crippen molar-refractivity contribution >= 4 is 24.0 Å². The lowest BCUT2D eigenvalue weighted by atomic mass is 10.2. The minimum absolute atomic E-state index is 0. The fraction of sp³-hybridized carbons (Fsp3) is 0.636. The van der Waals surface area contributed by atoms with E-state index in [1.807, 2.05) is 6.92 Å². The fourth-order valence-electron chi connectivity index (χ4n) is 2.37. The van der Waals surface area contributed by atoms with E-state index in [0.717, 1.165) is 0 Å². The zero-order valence-corrected chi connectivity index (χ0v) is 12.4. The zero-order chi connectivity index (χ0) is 14.2. The van der Waals surface area contributed by atoms with E-state index in [2.05, 4.69) is 10.4 Å². The summed E-state index contributed by atoms with van der Waals surface area (Å²) in [6.07, 6.45) is 0. The number of carbonyl (C=O) groups excluding carboxylic acids is 1. The van der Waals surface area contributed by atoms with Gasteiger partial charge in [0.1, 0.15) is 5.69 Å². The number of carbonyl (C=O) groups is 1. The van der Waals surface area contributed by atoms with E-state index in [4.69, 9.17) is 0 Å². The molecule has 0 radical (unpaired) electrons. The fourth-order valence-corrected chi connectivity index (χ4v) is 2.37. The number of rotatable bonds is 2. The molecule has 1 N–H and O–H groups in total. The van der Waals surface area contributed by atoms with Crippen molar-refractivity contribution in [1.82, 2.24) is 20.0 Å². The quantitative estimate of drug-likeness (QED) is 0.634. The molecular weight excluding hydrogens is 286 g/mol. The van der Waals surface area contributed by atoms with Crippen LogP contribution in [0.4, 0.5) is 5.69 Å². The summed E-state index contributed by atoms with van der Waals surface area (Å²) in [6.45, 7) is 5.29. The summed E-state index contributed by atoms with van der Waals surface area (Å²) in [5, 5.41) is 18.3. The van der Waals surface area contributed by atoms with Crippen LogP contribution in [0.5, 0.6) is 0 Å². The van der Waals surface area contributed by atoms with Crippen LogP contribution in [0, 0.1) is 17.0 Å². The SMILES string of the molecule is Cc1nn(C)c(C(=O)N2CCNC(C)C2)c1[N+](=O)[O-].Cl. The molecule has 1 aliphatic heterocycles. The molecule has 20 heavy (non-hydrogen) atoms. The predicted octanol–water partition coefficient (Wildman–Crippen LogP) is 0.492. The van der Waals surface area contributed by atoms with Gasteiger partial charge in [-0.15, -0.1) is 12.4 Å². The second-order valence-electron chi connectivity index (χ2n) is 4.77. The Kier molecular flexibility index (Phi) is 5.07. The maximum atomic E-state index is 12.4. The first kappa shape index (κ1) is 16.4. The summed E-state index contributed by atoms with van der Waals surface area (Å²) >= 11 is 0. The number of aryl methyl sites for hydroxylation is 2. The number of aromatic nitrogens is 2. The first-order valence-corrected chi connectivity index (χ1v) is 6.12. The summed E-state index contributed by atoms with van der Waals surface area (Å²) < 4.78 is 1.29. The Morgan fingerprint density at radius 1 is 1.55 bits per heavy atom. The van der Waals surface area contributed by atoms with Gasteiger partial charge in [0, 0.05) is 32.7 Å². The number of nitro groups is 1. The average molecular weight is 304 g/mol. The number of nitrogens with one attached hydrogen (secondary N) is 1. The molecule has 0 bridgehead atoms. The van der Waals surface area contributed by atoms with Crippen molar-refractivity contribution in [2.45, 2.75) is 19.9 Å². The Morgan fingerprint density at radius 2 is 2.20 bits per heavy atom. The highest BCUT2D eigenvalue weighted by Crippen LogP contribution is 2.24. The van der Waals surface area contributed by atoms with Crippen molar-refractivity contribution in [1.29, 1.82) is 0 Å². The standard InChI is InChI=1S/C11H17N5O3.ClH/c1-7-6-15(5-4-12-7)11(17)10-9(16(18)19)8(2)13-14(10)3;/h7,12H,4-6H2,1-3H3;1H. The Labute approximate surface area is 122 Å². The Balaban J connectivity index is 0.00000200.